The lowest BCUT2D eigenvalue weighted by molar-refractivity contribution is 0.0954. The van der Waals surface area contributed by atoms with E-state index in [1.54, 1.807) is 11.3 Å². The summed E-state index contributed by atoms with van der Waals surface area (Å²) in [5, 5.41) is 7.09. The second kappa shape index (κ2) is 5.64. The molecule has 0 aliphatic carbocycles. The highest BCUT2D eigenvalue weighted by Crippen LogP contribution is 2.06. The Hall–Kier alpha value is -1.61. The molecule has 3 heteroatoms. The second-order valence-corrected chi connectivity index (χ2v) is 4.79. The maximum Gasteiger partial charge on any atom is 0.251 e. The van der Waals surface area contributed by atoms with Crippen LogP contribution < -0.4 is 5.32 Å². The van der Waals surface area contributed by atoms with Crippen LogP contribution in [0, 0.1) is 6.92 Å². The molecule has 0 spiro atoms. The van der Waals surface area contributed by atoms with E-state index >= 15 is 0 Å². The lowest BCUT2D eigenvalue weighted by atomic mass is 10.1. The monoisotopic (exact) mass is 245 g/mol. The second-order valence-electron chi connectivity index (χ2n) is 4.01. The number of benzene rings is 1. The SMILES string of the molecule is Cc1cccc(C(=O)NCCc2ccsc2)c1. The summed E-state index contributed by atoms with van der Waals surface area (Å²) in [4.78, 5) is 11.8. The highest BCUT2D eigenvalue weighted by molar-refractivity contribution is 7.07. The number of rotatable bonds is 4. The first-order valence-electron chi connectivity index (χ1n) is 5.61. The molecule has 2 rings (SSSR count). The number of carbonyl (C=O) groups excluding carboxylic acids is 1. The molecule has 1 N–H and O–H groups in total. The first-order chi connectivity index (χ1) is 8.25. The van der Waals surface area contributed by atoms with Gasteiger partial charge in [-0.15, -0.1) is 0 Å². The molecule has 0 atom stereocenters. The van der Waals surface area contributed by atoms with Crippen LogP contribution in [-0.4, -0.2) is 12.5 Å². The molecule has 0 radical (unpaired) electrons. The number of nitrogens with one attached hydrogen (secondary N) is 1. The van der Waals surface area contributed by atoms with E-state index in [-0.39, 0.29) is 5.91 Å². The summed E-state index contributed by atoms with van der Waals surface area (Å²) in [6, 6.07) is 9.72. The van der Waals surface area contributed by atoms with Crippen molar-refractivity contribution in [2.45, 2.75) is 13.3 Å². The molecule has 2 aromatic rings. The Labute approximate surface area is 105 Å². The average Bonchev–Trinajstić information content (AvgIpc) is 2.82. The van der Waals surface area contributed by atoms with Crippen LogP contribution >= 0.6 is 11.3 Å². The van der Waals surface area contributed by atoms with E-state index in [4.69, 9.17) is 0 Å². The topological polar surface area (TPSA) is 29.1 Å². The first-order valence-corrected chi connectivity index (χ1v) is 6.56. The van der Waals surface area contributed by atoms with Crippen LogP contribution in [0.1, 0.15) is 21.5 Å². The molecule has 88 valence electrons. The molecule has 1 aromatic carbocycles. The molecule has 2 nitrogen and oxygen atoms in total. The third kappa shape index (κ3) is 3.43. The zero-order chi connectivity index (χ0) is 12.1. The standard InChI is InChI=1S/C14H15NOS/c1-11-3-2-4-13(9-11)14(16)15-7-5-12-6-8-17-10-12/h2-4,6,8-10H,5,7H2,1H3,(H,15,16). The van der Waals surface area contributed by atoms with Crippen LogP contribution in [0.3, 0.4) is 0 Å². The molecule has 1 amide bonds. The van der Waals surface area contributed by atoms with E-state index in [0.717, 1.165) is 17.5 Å². The summed E-state index contributed by atoms with van der Waals surface area (Å²) in [7, 11) is 0. The molecule has 0 saturated heterocycles. The van der Waals surface area contributed by atoms with Crippen molar-refractivity contribution >= 4 is 17.2 Å². The van der Waals surface area contributed by atoms with Crippen molar-refractivity contribution in [1.29, 1.82) is 0 Å². The number of hydrogen-bond acceptors (Lipinski definition) is 2. The Bertz CT molecular complexity index is 491. The molecule has 0 aliphatic heterocycles. The fourth-order valence-electron chi connectivity index (χ4n) is 1.64. The number of aryl methyl sites for hydroxylation is 1. The van der Waals surface area contributed by atoms with E-state index < -0.39 is 0 Å². The molecular formula is C14H15NOS. The van der Waals surface area contributed by atoms with Crippen molar-refractivity contribution in [3.8, 4) is 0 Å². The van der Waals surface area contributed by atoms with Crippen molar-refractivity contribution in [1.82, 2.24) is 5.32 Å². The highest BCUT2D eigenvalue weighted by atomic mass is 32.1. The van der Waals surface area contributed by atoms with Gasteiger partial charge in [0.1, 0.15) is 0 Å². The van der Waals surface area contributed by atoms with Crippen LogP contribution in [0.5, 0.6) is 0 Å². The molecule has 0 bridgehead atoms. The van der Waals surface area contributed by atoms with Gasteiger partial charge >= 0.3 is 0 Å². The summed E-state index contributed by atoms with van der Waals surface area (Å²) in [6.45, 7) is 2.67. The molecule has 17 heavy (non-hydrogen) atoms. The predicted octanol–water partition coefficient (Wildman–Crippen LogP) is 3.03. The number of hydrogen-bond donors (Lipinski definition) is 1. The number of thiophene rings is 1. The summed E-state index contributed by atoms with van der Waals surface area (Å²) in [5.41, 5.74) is 3.12. The minimum Gasteiger partial charge on any atom is -0.352 e. The summed E-state index contributed by atoms with van der Waals surface area (Å²) in [6.07, 6.45) is 0.890. The lowest BCUT2D eigenvalue weighted by Gasteiger charge is -2.05. The zero-order valence-electron chi connectivity index (χ0n) is 9.77. The fourth-order valence-corrected chi connectivity index (χ4v) is 2.35. The smallest absolute Gasteiger partial charge is 0.251 e. The molecule has 0 unspecified atom stereocenters. The van der Waals surface area contributed by atoms with Gasteiger partial charge in [-0.3, -0.25) is 4.79 Å². The largest absolute Gasteiger partial charge is 0.352 e. The van der Waals surface area contributed by atoms with Crippen LogP contribution in [-0.2, 0) is 6.42 Å². The normalized spacial score (nSPS) is 10.2. The van der Waals surface area contributed by atoms with Crippen molar-refractivity contribution in [2.24, 2.45) is 0 Å². The maximum atomic E-state index is 11.8. The molecule has 0 fully saturated rings. The minimum absolute atomic E-state index is 0.00364. The summed E-state index contributed by atoms with van der Waals surface area (Å²) >= 11 is 1.68. The van der Waals surface area contributed by atoms with Gasteiger partial charge in [0.2, 0.25) is 0 Å². The summed E-state index contributed by atoms with van der Waals surface area (Å²) in [5.74, 6) is 0.00364. The van der Waals surface area contributed by atoms with E-state index in [0.29, 0.717) is 6.54 Å². The van der Waals surface area contributed by atoms with E-state index in [2.05, 4.69) is 22.1 Å². The molecule has 1 heterocycles. The predicted molar refractivity (Wildman–Crippen MR) is 71.5 cm³/mol. The van der Waals surface area contributed by atoms with Gasteiger partial charge in [-0.2, -0.15) is 11.3 Å². The van der Waals surface area contributed by atoms with Crippen molar-refractivity contribution < 1.29 is 4.79 Å². The van der Waals surface area contributed by atoms with Gasteiger partial charge in [-0.25, -0.2) is 0 Å². The first kappa shape index (κ1) is 11.9. The average molecular weight is 245 g/mol. The maximum absolute atomic E-state index is 11.8. The third-order valence-corrected chi connectivity index (χ3v) is 3.29. The van der Waals surface area contributed by atoms with Crippen molar-refractivity contribution in [2.75, 3.05) is 6.54 Å². The Morgan fingerprint density at radius 3 is 2.94 bits per heavy atom. The van der Waals surface area contributed by atoms with Gasteiger partial charge in [-0.05, 0) is 47.9 Å². The van der Waals surface area contributed by atoms with Crippen LogP contribution in [0.4, 0.5) is 0 Å². The molecule has 0 aliphatic rings. The molecular weight excluding hydrogens is 230 g/mol. The fraction of sp³-hybridized carbons (Fsp3) is 0.214. The third-order valence-electron chi connectivity index (χ3n) is 2.56. The molecule has 1 aromatic heterocycles. The number of carbonyl (C=O) groups is 1. The lowest BCUT2D eigenvalue weighted by Crippen LogP contribution is -2.25. The Balaban J connectivity index is 1.85. The Morgan fingerprint density at radius 2 is 2.24 bits per heavy atom. The Morgan fingerprint density at radius 1 is 1.35 bits per heavy atom. The van der Waals surface area contributed by atoms with E-state index in [1.807, 2.05) is 31.2 Å². The van der Waals surface area contributed by atoms with Crippen LogP contribution in [0.25, 0.3) is 0 Å². The van der Waals surface area contributed by atoms with Crippen molar-refractivity contribution in [3.63, 3.8) is 0 Å². The Kier molecular flexibility index (Phi) is 3.94. The van der Waals surface area contributed by atoms with Gasteiger partial charge in [0, 0.05) is 12.1 Å². The van der Waals surface area contributed by atoms with Crippen LogP contribution in [0.15, 0.2) is 41.1 Å². The summed E-state index contributed by atoms with van der Waals surface area (Å²) < 4.78 is 0. The van der Waals surface area contributed by atoms with Gasteiger partial charge < -0.3 is 5.32 Å². The van der Waals surface area contributed by atoms with Crippen molar-refractivity contribution in [3.05, 3.63) is 57.8 Å². The minimum atomic E-state index is 0.00364. The molecule has 0 saturated carbocycles. The highest BCUT2D eigenvalue weighted by Gasteiger charge is 2.04. The van der Waals surface area contributed by atoms with Gasteiger partial charge in [-0.1, -0.05) is 17.7 Å². The number of amides is 1. The van der Waals surface area contributed by atoms with E-state index in [1.165, 1.54) is 5.56 Å². The van der Waals surface area contributed by atoms with Gasteiger partial charge in [0.05, 0.1) is 0 Å². The zero-order valence-corrected chi connectivity index (χ0v) is 10.6. The van der Waals surface area contributed by atoms with E-state index in [9.17, 15) is 4.79 Å². The van der Waals surface area contributed by atoms with Crippen LogP contribution in [0.2, 0.25) is 0 Å². The van der Waals surface area contributed by atoms with Gasteiger partial charge in [0.15, 0.2) is 0 Å². The quantitative estimate of drug-likeness (QED) is 0.881. The van der Waals surface area contributed by atoms with Gasteiger partial charge in [0.25, 0.3) is 5.91 Å².